The summed E-state index contributed by atoms with van der Waals surface area (Å²) in [5.41, 5.74) is 5.82. The van der Waals surface area contributed by atoms with E-state index in [1.54, 1.807) is 36.4 Å². The number of hydrogen-bond acceptors (Lipinski definition) is 5. The molecule has 1 heterocycles. The molecule has 1 aromatic heterocycles. The molecule has 0 aliphatic heterocycles. The number of carbonyl (C=O) groups excluding carboxylic acids is 3. The van der Waals surface area contributed by atoms with Gasteiger partial charge in [0.2, 0.25) is 5.78 Å². The number of amides is 2. The van der Waals surface area contributed by atoms with Gasteiger partial charge in [-0.1, -0.05) is 47.6 Å². The minimum Gasteiger partial charge on any atom is -0.363 e. The first-order chi connectivity index (χ1) is 13.5. The summed E-state index contributed by atoms with van der Waals surface area (Å²) in [6, 6.07) is 13.4. The Morgan fingerprint density at radius 3 is 2.43 bits per heavy atom. The van der Waals surface area contributed by atoms with Gasteiger partial charge in [-0.15, -0.1) is 0 Å². The molecule has 0 saturated heterocycles. The van der Waals surface area contributed by atoms with Crippen LogP contribution >= 0.6 is 0 Å². The van der Waals surface area contributed by atoms with Crippen molar-refractivity contribution in [3.63, 3.8) is 0 Å². The highest BCUT2D eigenvalue weighted by Crippen LogP contribution is 2.25. The van der Waals surface area contributed by atoms with Gasteiger partial charge in [0.15, 0.2) is 0 Å². The molecule has 3 N–H and O–H groups in total. The maximum absolute atomic E-state index is 14.1. The summed E-state index contributed by atoms with van der Waals surface area (Å²) in [4.78, 5) is 36.2. The number of Topliss-reactive ketones (excluding diaryl/α,β-unsaturated/α-hetero) is 1. The van der Waals surface area contributed by atoms with E-state index in [0.29, 0.717) is 0 Å². The molecule has 0 radical (unpaired) electrons. The Morgan fingerprint density at radius 1 is 1.07 bits per heavy atom. The van der Waals surface area contributed by atoms with Crippen molar-refractivity contribution in [2.24, 2.45) is 5.73 Å². The van der Waals surface area contributed by atoms with Gasteiger partial charge >= 0.3 is 0 Å². The van der Waals surface area contributed by atoms with Crippen LogP contribution in [0, 0.1) is 5.82 Å². The molecule has 1 atom stereocenters. The summed E-state index contributed by atoms with van der Waals surface area (Å²) >= 11 is 0. The zero-order valence-electron chi connectivity index (χ0n) is 14.6. The van der Waals surface area contributed by atoms with Crippen molar-refractivity contribution in [1.29, 1.82) is 0 Å². The number of nitrogens with two attached hydrogens (primary N) is 1. The Labute approximate surface area is 159 Å². The lowest BCUT2D eigenvalue weighted by molar-refractivity contribution is -0.137. The standard InChI is InChI=1S/C20H16FN3O4/c21-15-9-5-4-8-13(15)17-14(11-28-24-17)20(27)23-16(18(25)19(22)26)10-12-6-2-1-3-7-12/h1-9,11,16H,10H2,(H2,22,26)(H,23,27)/t16-/m0/s1. The number of rotatable bonds is 7. The Morgan fingerprint density at radius 2 is 1.75 bits per heavy atom. The van der Waals surface area contributed by atoms with Gasteiger partial charge in [-0.2, -0.15) is 0 Å². The summed E-state index contributed by atoms with van der Waals surface area (Å²) in [7, 11) is 0. The van der Waals surface area contributed by atoms with Gasteiger partial charge in [-0.05, 0) is 17.7 Å². The number of nitrogens with one attached hydrogen (secondary N) is 1. The van der Waals surface area contributed by atoms with Gasteiger partial charge in [-0.25, -0.2) is 4.39 Å². The normalized spacial score (nSPS) is 11.6. The largest absolute Gasteiger partial charge is 0.363 e. The van der Waals surface area contributed by atoms with Crippen molar-refractivity contribution in [1.82, 2.24) is 10.5 Å². The maximum atomic E-state index is 14.1. The molecule has 0 fully saturated rings. The third-order valence-corrected chi connectivity index (χ3v) is 4.09. The summed E-state index contributed by atoms with van der Waals surface area (Å²) in [6.45, 7) is 0. The van der Waals surface area contributed by atoms with Crippen LogP contribution in [0.15, 0.2) is 65.4 Å². The van der Waals surface area contributed by atoms with Crippen molar-refractivity contribution < 1.29 is 23.3 Å². The lowest BCUT2D eigenvalue weighted by Crippen LogP contribution is -2.47. The second kappa shape index (κ2) is 8.26. The third-order valence-electron chi connectivity index (χ3n) is 4.09. The van der Waals surface area contributed by atoms with Crippen LogP contribution in [0.5, 0.6) is 0 Å². The number of hydrogen-bond donors (Lipinski definition) is 2. The molecular weight excluding hydrogens is 365 g/mol. The van der Waals surface area contributed by atoms with Crippen LogP contribution in [0.25, 0.3) is 11.3 Å². The average molecular weight is 381 g/mol. The number of benzene rings is 2. The van der Waals surface area contributed by atoms with Crippen LogP contribution in [0.4, 0.5) is 4.39 Å². The molecule has 3 aromatic rings. The summed E-state index contributed by atoms with van der Waals surface area (Å²) in [5.74, 6) is -3.43. The van der Waals surface area contributed by atoms with E-state index in [9.17, 15) is 18.8 Å². The summed E-state index contributed by atoms with van der Waals surface area (Å²) in [6.07, 6.45) is 1.11. The van der Waals surface area contributed by atoms with Crippen LogP contribution in [0.1, 0.15) is 15.9 Å². The second-order valence-corrected chi connectivity index (χ2v) is 6.00. The van der Waals surface area contributed by atoms with Crippen LogP contribution in [-0.2, 0) is 16.0 Å². The highest BCUT2D eigenvalue weighted by atomic mass is 19.1. The fourth-order valence-electron chi connectivity index (χ4n) is 2.71. The Kier molecular flexibility index (Phi) is 5.59. The minimum atomic E-state index is -1.18. The van der Waals surface area contributed by atoms with Crippen molar-refractivity contribution in [2.75, 3.05) is 0 Å². The van der Waals surface area contributed by atoms with Crippen molar-refractivity contribution in [2.45, 2.75) is 12.5 Å². The van der Waals surface area contributed by atoms with Crippen LogP contribution in [0.2, 0.25) is 0 Å². The molecule has 142 valence electrons. The van der Waals surface area contributed by atoms with E-state index in [0.717, 1.165) is 11.8 Å². The van der Waals surface area contributed by atoms with E-state index in [1.165, 1.54) is 18.2 Å². The second-order valence-electron chi connectivity index (χ2n) is 6.00. The highest BCUT2D eigenvalue weighted by molar-refractivity contribution is 6.38. The van der Waals surface area contributed by atoms with Crippen LogP contribution < -0.4 is 11.1 Å². The topological polar surface area (TPSA) is 115 Å². The predicted molar refractivity (Wildman–Crippen MR) is 97.5 cm³/mol. The molecule has 0 saturated carbocycles. The number of halogens is 1. The van der Waals surface area contributed by atoms with Crippen molar-refractivity contribution in [3.8, 4) is 11.3 Å². The van der Waals surface area contributed by atoms with Crippen molar-refractivity contribution >= 4 is 17.6 Å². The summed E-state index contributed by atoms with van der Waals surface area (Å²) in [5, 5.41) is 6.15. The van der Waals surface area contributed by atoms with Crippen molar-refractivity contribution in [3.05, 3.63) is 77.8 Å². The molecule has 8 heteroatoms. The fourth-order valence-corrected chi connectivity index (χ4v) is 2.71. The molecular formula is C20H16FN3O4. The third kappa shape index (κ3) is 4.12. The predicted octanol–water partition coefficient (Wildman–Crippen LogP) is 1.88. The molecule has 2 aromatic carbocycles. The van der Waals surface area contributed by atoms with E-state index in [1.807, 2.05) is 0 Å². The van der Waals surface area contributed by atoms with Gasteiger partial charge < -0.3 is 15.6 Å². The first-order valence-corrected chi connectivity index (χ1v) is 8.35. The Bertz CT molecular complexity index is 1020. The van der Waals surface area contributed by atoms with Gasteiger partial charge in [0.25, 0.3) is 11.8 Å². The zero-order valence-corrected chi connectivity index (χ0v) is 14.6. The zero-order chi connectivity index (χ0) is 20.1. The van der Waals surface area contributed by atoms with Crippen LogP contribution in [-0.4, -0.2) is 28.8 Å². The first kappa shape index (κ1) is 19.0. The molecule has 3 rings (SSSR count). The van der Waals surface area contributed by atoms with Gasteiger partial charge in [0.05, 0.1) is 0 Å². The quantitative estimate of drug-likeness (QED) is 0.606. The Hall–Kier alpha value is -3.81. The van der Waals surface area contributed by atoms with E-state index in [2.05, 4.69) is 10.5 Å². The monoisotopic (exact) mass is 381 g/mol. The molecule has 0 aliphatic carbocycles. The number of carbonyl (C=O) groups is 3. The lowest BCUT2D eigenvalue weighted by atomic mass is 10.0. The lowest BCUT2D eigenvalue weighted by Gasteiger charge is -2.16. The van der Waals surface area contributed by atoms with Gasteiger partial charge in [0, 0.05) is 12.0 Å². The van der Waals surface area contributed by atoms with Crippen LogP contribution in [0.3, 0.4) is 0 Å². The SMILES string of the molecule is NC(=O)C(=O)[C@H](Cc1ccccc1)NC(=O)c1conc1-c1ccccc1F. The van der Waals surface area contributed by atoms with E-state index >= 15 is 0 Å². The average Bonchev–Trinajstić information content (AvgIpc) is 3.17. The fraction of sp³-hybridized carbons (Fsp3) is 0.100. The van der Waals surface area contributed by atoms with E-state index in [4.69, 9.17) is 10.3 Å². The highest BCUT2D eigenvalue weighted by Gasteiger charge is 2.28. The first-order valence-electron chi connectivity index (χ1n) is 8.35. The Balaban J connectivity index is 1.87. The van der Waals surface area contributed by atoms with E-state index in [-0.39, 0.29) is 23.2 Å². The van der Waals surface area contributed by atoms with E-state index < -0.39 is 29.5 Å². The molecule has 7 nitrogen and oxygen atoms in total. The molecule has 0 aliphatic rings. The molecule has 0 bridgehead atoms. The minimum absolute atomic E-state index is 0.0133. The molecule has 0 unspecified atom stereocenters. The molecule has 28 heavy (non-hydrogen) atoms. The van der Waals surface area contributed by atoms with Gasteiger partial charge in [-0.3, -0.25) is 14.4 Å². The number of ketones is 1. The maximum Gasteiger partial charge on any atom is 0.287 e. The van der Waals surface area contributed by atoms with Gasteiger partial charge in [0.1, 0.15) is 29.4 Å². The smallest absolute Gasteiger partial charge is 0.287 e. The molecule has 2 amide bonds. The number of primary amides is 1. The number of aromatic nitrogens is 1. The number of nitrogens with zero attached hydrogens (tertiary/aromatic N) is 1. The molecule has 0 spiro atoms. The summed E-state index contributed by atoms with van der Waals surface area (Å²) < 4.78 is 18.9.